The fourth-order valence-electron chi connectivity index (χ4n) is 2.83. The SMILES string of the molecule is CCCNCC1CCCCN1Cc1cc(F)ccc1F. The van der Waals surface area contributed by atoms with Crippen molar-refractivity contribution < 1.29 is 8.78 Å². The lowest BCUT2D eigenvalue weighted by molar-refractivity contribution is 0.136. The molecule has 2 nitrogen and oxygen atoms in total. The van der Waals surface area contributed by atoms with Crippen molar-refractivity contribution in [1.29, 1.82) is 0 Å². The molecular formula is C16H24F2N2. The molecule has 1 unspecified atom stereocenters. The highest BCUT2D eigenvalue weighted by molar-refractivity contribution is 5.18. The van der Waals surface area contributed by atoms with Gasteiger partial charge in [-0.05, 0) is 50.6 Å². The maximum absolute atomic E-state index is 13.7. The molecule has 1 atom stereocenters. The van der Waals surface area contributed by atoms with Gasteiger partial charge in [0, 0.05) is 24.7 Å². The molecule has 0 bridgehead atoms. The van der Waals surface area contributed by atoms with Gasteiger partial charge in [-0.25, -0.2) is 8.78 Å². The van der Waals surface area contributed by atoms with E-state index in [9.17, 15) is 8.78 Å². The van der Waals surface area contributed by atoms with Crippen LogP contribution >= 0.6 is 0 Å². The lowest BCUT2D eigenvalue weighted by Crippen LogP contribution is -2.45. The van der Waals surface area contributed by atoms with Crippen molar-refractivity contribution in [3.63, 3.8) is 0 Å². The van der Waals surface area contributed by atoms with Gasteiger partial charge in [-0.2, -0.15) is 0 Å². The van der Waals surface area contributed by atoms with E-state index in [0.717, 1.165) is 38.9 Å². The van der Waals surface area contributed by atoms with Crippen LogP contribution in [0, 0.1) is 11.6 Å². The van der Waals surface area contributed by atoms with Gasteiger partial charge >= 0.3 is 0 Å². The summed E-state index contributed by atoms with van der Waals surface area (Å²) in [5.74, 6) is -0.670. The summed E-state index contributed by atoms with van der Waals surface area (Å²) in [6, 6.07) is 4.15. The molecule has 1 aromatic carbocycles. The van der Waals surface area contributed by atoms with Gasteiger partial charge in [0.2, 0.25) is 0 Å². The first-order valence-electron chi connectivity index (χ1n) is 7.59. The third-order valence-electron chi connectivity index (χ3n) is 3.94. The van der Waals surface area contributed by atoms with Crippen molar-refractivity contribution in [2.45, 2.75) is 45.2 Å². The maximum atomic E-state index is 13.7. The zero-order valence-electron chi connectivity index (χ0n) is 12.2. The molecule has 1 N–H and O–H groups in total. The summed E-state index contributed by atoms with van der Waals surface area (Å²) in [4.78, 5) is 2.28. The number of likely N-dealkylation sites (tertiary alicyclic amines) is 1. The Labute approximate surface area is 120 Å². The number of piperidine rings is 1. The van der Waals surface area contributed by atoms with Crippen molar-refractivity contribution in [3.8, 4) is 0 Å². The first-order chi connectivity index (χ1) is 9.70. The van der Waals surface area contributed by atoms with E-state index >= 15 is 0 Å². The van der Waals surface area contributed by atoms with E-state index in [0.29, 0.717) is 18.2 Å². The fourth-order valence-corrected chi connectivity index (χ4v) is 2.83. The molecule has 1 aromatic rings. The highest BCUT2D eigenvalue weighted by Crippen LogP contribution is 2.21. The summed E-state index contributed by atoms with van der Waals surface area (Å²) in [5, 5.41) is 3.44. The van der Waals surface area contributed by atoms with Crippen molar-refractivity contribution >= 4 is 0 Å². The van der Waals surface area contributed by atoms with Crippen LogP contribution in [0.2, 0.25) is 0 Å². The molecule has 4 heteroatoms. The monoisotopic (exact) mass is 282 g/mol. The average molecular weight is 282 g/mol. The van der Waals surface area contributed by atoms with Gasteiger partial charge in [0.05, 0.1) is 0 Å². The summed E-state index contributed by atoms with van der Waals surface area (Å²) in [7, 11) is 0. The number of benzene rings is 1. The number of nitrogens with zero attached hydrogens (tertiary/aromatic N) is 1. The molecule has 20 heavy (non-hydrogen) atoms. The fraction of sp³-hybridized carbons (Fsp3) is 0.625. The van der Waals surface area contributed by atoms with Crippen LogP contribution in [-0.4, -0.2) is 30.6 Å². The Bertz CT molecular complexity index is 423. The predicted octanol–water partition coefficient (Wildman–Crippen LogP) is 3.32. The molecule has 1 heterocycles. The molecule has 1 aliphatic heterocycles. The Hall–Kier alpha value is -1.00. The Kier molecular flexibility index (Phi) is 5.92. The van der Waals surface area contributed by atoms with Gasteiger partial charge in [-0.15, -0.1) is 0 Å². The summed E-state index contributed by atoms with van der Waals surface area (Å²) in [6.07, 6.45) is 4.61. The van der Waals surface area contributed by atoms with Crippen LogP contribution in [0.1, 0.15) is 38.2 Å². The predicted molar refractivity (Wildman–Crippen MR) is 77.6 cm³/mol. The average Bonchev–Trinajstić information content (AvgIpc) is 2.45. The molecule has 0 aliphatic carbocycles. The summed E-state index contributed by atoms with van der Waals surface area (Å²) in [5.41, 5.74) is 0.465. The second kappa shape index (κ2) is 7.70. The molecule has 0 radical (unpaired) electrons. The minimum Gasteiger partial charge on any atom is -0.315 e. The molecule has 1 aliphatic rings. The largest absolute Gasteiger partial charge is 0.315 e. The van der Waals surface area contributed by atoms with Crippen LogP contribution in [0.25, 0.3) is 0 Å². The lowest BCUT2D eigenvalue weighted by atomic mass is 10.0. The summed E-state index contributed by atoms with van der Waals surface area (Å²) in [6.45, 7) is 5.56. The highest BCUT2D eigenvalue weighted by atomic mass is 19.1. The van der Waals surface area contributed by atoms with E-state index in [1.165, 1.54) is 24.6 Å². The third kappa shape index (κ3) is 4.25. The molecule has 0 spiro atoms. The van der Waals surface area contributed by atoms with E-state index in [2.05, 4.69) is 17.1 Å². The van der Waals surface area contributed by atoms with Crippen LogP contribution in [0.3, 0.4) is 0 Å². The highest BCUT2D eigenvalue weighted by Gasteiger charge is 2.23. The first kappa shape index (κ1) is 15.4. The Morgan fingerprint density at radius 3 is 2.95 bits per heavy atom. The quantitative estimate of drug-likeness (QED) is 0.805. The van der Waals surface area contributed by atoms with Crippen LogP contribution in [0.4, 0.5) is 8.78 Å². The van der Waals surface area contributed by atoms with Crippen LogP contribution in [0.5, 0.6) is 0 Å². The van der Waals surface area contributed by atoms with E-state index in [-0.39, 0.29) is 11.6 Å². The molecule has 2 rings (SSSR count). The lowest BCUT2D eigenvalue weighted by Gasteiger charge is -2.36. The van der Waals surface area contributed by atoms with Crippen LogP contribution in [-0.2, 0) is 6.54 Å². The van der Waals surface area contributed by atoms with Crippen LogP contribution in [0.15, 0.2) is 18.2 Å². The molecule has 112 valence electrons. The maximum Gasteiger partial charge on any atom is 0.127 e. The van der Waals surface area contributed by atoms with Crippen molar-refractivity contribution in [1.82, 2.24) is 10.2 Å². The molecule has 1 fully saturated rings. The third-order valence-corrected chi connectivity index (χ3v) is 3.94. The number of hydrogen-bond acceptors (Lipinski definition) is 2. The first-order valence-corrected chi connectivity index (χ1v) is 7.59. The number of nitrogens with one attached hydrogen (secondary N) is 1. The second-order valence-corrected chi connectivity index (χ2v) is 5.56. The van der Waals surface area contributed by atoms with Gasteiger partial charge in [0.1, 0.15) is 11.6 Å². The van der Waals surface area contributed by atoms with Crippen molar-refractivity contribution in [2.75, 3.05) is 19.6 Å². The molecule has 0 aromatic heterocycles. The van der Waals surface area contributed by atoms with Gasteiger partial charge in [0.15, 0.2) is 0 Å². The minimum absolute atomic E-state index is 0.308. The smallest absolute Gasteiger partial charge is 0.127 e. The zero-order valence-corrected chi connectivity index (χ0v) is 12.2. The molecule has 0 saturated carbocycles. The normalized spacial score (nSPS) is 20.2. The second-order valence-electron chi connectivity index (χ2n) is 5.56. The number of halogens is 2. The minimum atomic E-state index is -0.362. The zero-order chi connectivity index (χ0) is 14.4. The number of rotatable bonds is 6. The topological polar surface area (TPSA) is 15.3 Å². The van der Waals surface area contributed by atoms with Crippen molar-refractivity contribution in [2.24, 2.45) is 0 Å². The Balaban J connectivity index is 1.98. The van der Waals surface area contributed by atoms with Crippen LogP contribution < -0.4 is 5.32 Å². The van der Waals surface area contributed by atoms with E-state index < -0.39 is 0 Å². The Morgan fingerprint density at radius 2 is 2.15 bits per heavy atom. The van der Waals surface area contributed by atoms with Crippen molar-refractivity contribution in [3.05, 3.63) is 35.4 Å². The van der Waals surface area contributed by atoms with E-state index in [1.807, 2.05) is 0 Å². The molecule has 0 amide bonds. The summed E-state index contributed by atoms with van der Waals surface area (Å²) < 4.78 is 27.0. The molecule has 1 saturated heterocycles. The van der Waals surface area contributed by atoms with Gasteiger partial charge in [-0.1, -0.05) is 13.3 Å². The van der Waals surface area contributed by atoms with E-state index in [1.54, 1.807) is 0 Å². The summed E-state index contributed by atoms with van der Waals surface area (Å²) >= 11 is 0. The standard InChI is InChI=1S/C16H24F2N2/c1-2-8-19-11-15-5-3-4-9-20(15)12-13-10-14(17)6-7-16(13)18/h6-7,10,15,19H,2-5,8-9,11-12H2,1H3. The van der Waals surface area contributed by atoms with Gasteiger partial charge in [-0.3, -0.25) is 4.90 Å². The number of hydrogen-bond donors (Lipinski definition) is 1. The van der Waals surface area contributed by atoms with Gasteiger partial charge < -0.3 is 5.32 Å². The van der Waals surface area contributed by atoms with E-state index in [4.69, 9.17) is 0 Å². The van der Waals surface area contributed by atoms with Gasteiger partial charge in [0.25, 0.3) is 0 Å². The Morgan fingerprint density at radius 1 is 1.30 bits per heavy atom. The molecular weight excluding hydrogens is 258 g/mol.